The molecule has 0 spiro atoms. The van der Waals surface area contributed by atoms with Crippen molar-refractivity contribution >= 4 is 11.8 Å². The van der Waals surface area contributed by atoms with Crippen molar-refractivity contribution in [3.63, 3.8) is 0 Å². The number of nitrogens with zero attached hydrogens (tertiary/aromatic N) is 1. The Morgan fingerprint density at radius 1 is 1.10 bits per heavy atom. The monoisotopic (exact) mass is 273 g/mol. The SMILES string of the molecule is CC1CC2C(=O)N(CCc3ccc(O)cc3)C(=O)C2C1. The van der Waals surface area contributed by atoms with Crippen LogP contribution in [-0.2, 0) is 16.0 Å². The Bertz CT molecular complexity index is 513. The molecule has 2 unspecified atom stereocenters. The number of rotatable bonds is 3. The Labute approximate surface area is 118 Å². The number of amides is 2. The van der Waals surface area contributed by atoms with E-state index in [2.05, 4.69) is 6.92 Å². The van der Waals surface area contributed by atoms with Gasteiger partial charge in [0.15, 0.2) is 0 Å². The van der Waals surface area contributed by atoms with Gasteiger partial charge in [-0.25, -0.2) is 0 Å². The molecule has 106 valence electrons. The summed E-state index contributed by atoms with van der Waals surface area (Å²) in [4.78, 5) is 26.0. The molecule has 0 radical (unpaired) electrons. The van der Waals surface area contributed by atoms with E-state index in [1.54, 1.807) is 12.1 Å². The van der Waals surface area contributed by atoms with Crippen LogP contribution in [0.15, 0.2) is 24.3 Å². The molecule has 3 rings (SSSR count). The molecule has 1 aromatic carbocycles. The third kappa shape index (κ3) is 2.19. The van der Waals surface area contributed by atoms with Gasteiger partial charge < -0.3 is 5.11 Å². The minimum Gasteiger partial charge on any atom is -0.508 e. The van der Waals surface area contributed by atoms with Crippen molar-refractivity contribution < 1.29 is 14.7 Å². The molecule has 1 aromatic rings. The Hall–Kier alpha value is -1.84. The number of carbonyl (C=O) groups is 2. The molecule has 4 heteroatoms. The lowest BCUT2D eigenvalue weighted by Crippen LogP contribution is -2.34. The summed E-state index contributed by atoms with van der Waals surface area (Å²) in [6, 6.07) is 6.89. The van der Waals surface area contributed by atoms with Crippen LogP contribution < -0.4 is 0 Å². The van der Waals surface area contributed by atoms with Crippen molar-refractivity contribution in [2.75, 3.05) is 6.54 Å². The Morgan fingerprint density at radius 2 is 1.65 bits per heavy atom. The fourth-order valence-corrected chi connectivity index (χ4v) is 3.47. The number of carbonyl (C=O) groups excluding carboxylic acids is 2. The van der Waals surface area contributed by atoms with Crippen LogP contribution in [-0.4, -0.2) is 28.4 Å². The zero-order valence-corrected chi connectivity index (χ0v) is 11.6. The van der Waals surface area contributed by atoms with Crippen molar-refractivity contribution in [1.82, 2.24) is 4.90 Å². The summed E-state index contributed by atoms with van der Waals surface area (Å²) in [5.74, 6) is 0.601. The van der Waals surface area contributed by atoms with Gasteiger partial charge in [-0.3, -0.25) is 14.5 Å². The highest BCUT2D eigenvalue weighted by Crippen LogP contribution is 2.42. The predicted octanol–water partition coefficient (Wildman–Crippen LogP) is 1.97. The van der Waals surface area contributed by atoms with Crippen LogP contribution in [0.2, 0.25) is 0 Å². The summed E-state index contributed by atoms with van der Waals surface area (Å²) < 4.78 is 0. The number of fused-ring (bicyclic) bond motifs is 1. The van der Waals surface area contributed by atoms with Crippen LogP contribution in [0.5, 0.6) is 5.75 Å². The van der Waals surface area contributed by atoms with Gasteiger partial charge in [0.05, 0.1) is 11.8 Å². The van der Waals surface area contributed by atoms with E-state index in [0.717, 1.165) is 18.4 Å². The molecule has 0 bridgehead atoms. The predicted molar refractivity (Wildman–Crippen MR) is 73.9 cm³/mol. The highest BCUT2D eigenvalue weighted by molar-refractivity contribution is 6.05. The van der Waals surface area contributed by atoms with Crippen LogP contribution in [0, 0.1) is 17.8 Å². The maximum Gasteiger partial charge on any atom is 0.233 e. The van der Waals surface area contributed by atoms with E-state index in [0.29, 0.717) is 18.9 Å². The van der Waals surface area contributed by atoms with Gasteiger partial charge in [-0.05, 0) is 42.9 Å². The number of hydrogen-bond acceptors (Lipinski definition) is 3. The molecule has 4 nitrogen and oxygen atoms in total. The topological polar surface area (TPSA) is 57.6 Å². The van der Waals surface area contributed by atoms with Gasteiger partial charge in [-0.15, -0.1) is 0 Å². The summed E-state index contributed by atoms with van der Waals surface area (Å²) in [7, 11) is 0. The van der Waals surface area contributed by atoms with E-state index in [9.17, 15) is 14.7 Å². The first-order valence-electron chi connectivity index (χ1n) is 7.19. The van der Waals surface area contributed by atoms with Gasteiger partial charge in [0, 0.05) is 6.54 Å². The number of likely N-dealkylation sites (tertiary alicyclic amines) is 1. The molecule has 0 aromatic heterocycles. The van der Waals surface area contributed by atoms with E-state index in [-0.39, 0.29) is 29.4 Å². The first kappa shape index (κ1) is 13.2. The largest absolute Gasteiger partial charge is 0.508 e. The van der Waals surface area contributed by atoms with Gasteiger partial charge in [-0.2, -0.15) is 0 Å². The highest BCUT2D eigenvalue weighted by Gasteiger charge is 2.51. The zero-order chi connectivity index (χ0) is 14.3. The molecular weight excluding hydrogens is 254 g/mol. The summed E-state index contributed by atoms with van der Waals surface area (Å²) in [6.07, 6.45) is 2.35. The number of aromatic hydroxyl groups is 1. The lowest BCUT2D eigenvalue weighted by Gasteiger charge is -2.16. The van der Waals surface area contributed by atoms with Gasteiger partial charge >= 0.3 is 0 Å². The molecule has 1 N–H and O–H groups in total. The average Bonchev–Trinajstić information content (AvgIpc) is 2.90. The molecule has 1 heterocycles. The van der Waals surface area contributed by atoms with E-state index >= 15 is 0 Å². The maximum absolute atomic E-state index is 12.3. The first-order chi connectivity index (χ1) is 9.56. The number of imide groups is 1. The number of phenols is 1. The molecule has 2 aliphatic rings. The molecule has 20 heavy (non-hydrogen) atoms. The molecule has 1 saturated heterocycles. The quantitative estimate of drug-likeness (QED) is 0.857. The fourth-order valence-electron chi connectivity index (χ4n) is 3.47. The minimum absolute atomic E-state index is 0.0168. The van der Waals surface area contributed by atoms with E-state index in [1.165, 1.54) is 4.90 Å². The summed E-state index contributed by atoms with van der Waals surface area (Å²) in [5.41, 5.74) is 1.02. The Kier molecular flexibility index (Phi) is 3.24. The van der Waals surface area contributed by atoms with Crippen LogP contribution in [0.25, 0.3) is 0 Å². The second-order valence-electron chi connectivity index (χ2n) is 6.03. The molecule has 1 aliphatic carbocycles. The van der Waals surface area contributed by atoms with E-state index < -0.39 is 0 Å². The number of phenolic OH excluding ortho intramolecular Hbond substituents is 1. The van der Waals surface area contributed by atoms with E-state index in [4.69, 9.17) is 0 Å². The molecule has 1 aliphatic heterocycles. The standard InChI is InChI=1S/C16H19NO3/c1-10-8-13-14(9-10)16(20)17(15(13)19)7-6-11-2-4-12(18)5-3-11/h2-5,10,13-14,18H,6-9H2,1H3. The molecule has 1 saturated carbocycles. The van der Waals surface area contributed by atoms with Crippen LogP contribution in [0.4, 0.5) is 0 Å². The molecule has 2 atom stereocenters. The summed E-state index contributed by atoms with van der Waals surface area (Å²) >= 11 is 0. The van der Waals surface area contributed by atoms with Gasteiger partial charge in [0.2, 0.25) is 11.8 Å². The normalized spacial score (nSPS) is 29.1. The van der Waals surface area contributed by atoms with Gasteiger partial charge in [0.25, 0.3) is 0 Å². The Morgan fingerprint density at radius 3 is 2.20 bits per heavy atom. The first-order valence-corrected chi connectivity index (χ1v) is 7.19. The smallest absolute Gasteiger partial charge is 0.233 e. The minimum atomic E-state index is -0.0719. The maximum atomic E-state index is 12.3. The highest BCUT2D eigenvalue weighted by atomic mass is 16.3. The molecule has 2 fully saturated rings. The average molecular weight is 273 g/mol. The lowest BCUT2D eigenvalue weighted by molar-refractivity contribution is -0.140. The Balaban J connectivity index is 1.65. The van der Waals surface area contributed by atoms with Crippen LogP contribution >= 0.6 is 0 Å². The van der Waals surface area contributed by atoms with Crippen molar-refractivity contribution in [3.05, 3.63) is 29.8 Å². The van der Waals surface area contributed by atoms with Crippen molar-refractivity contribution in [3.8, 4) is 5.75 Å². The van der Waals surface area contributed by atoms with Crippen LogP contribution in [0.1, 0.15) is 25.3 Å². The summed E-state index contributed by atoms with van der Waals surface area (Å²) in [5, 5.41) is 9.24. The number of hydrogen-bond donors (Lipinski definition) is 1. The van der Waals surface area contributed by atoms with Crippen LogP contribution in [0.3, 0.4) is 0 Å². The summed E-state index contributed by atoms with van der Waals surface area (Å²) in [6.45, 7) is 2.56. The van der Waals surface area contributed by atoms with Gasteiger partial charge in [-0.1, -0.05) is 19.1 Å². The van der Waals surface area contributed by atoms with Gasteiger partial charge in [0.1, 0.15) is 5.75 Å². The van der Waals surface area contributed by atoms with Crippen molar-refractivity contribution in [1.29, 1.82) is 0 Å². The third-order valence-corrected chi connectivity index (χ3v) is 4.53. The second-order valence-corrected chi connectivity index (χ2v) is 6.03. The zero-order valence-electron chi connectivity index (χ0n) is 11.6. The second kappa shape index (κ2) is 4.93. The molecular formula is C16H19NO3. The number of benzene rings is 1. The molecule has 2 amide bonds. The van der Waals surface area contributed by atoms with Crippen molar-refractivity contribution in [2.45, 2.75) is 26.2 Å². The van der Waals surface area contributed by atoms with Crippen molar-refractivity contribution in [2.24, 2.45) is 17.8 Å². The fraction of sp³-hybridized carbons (Fsp3) is 0.500. The lowest BCUT2D eigenvalue weighted by atomic mass is 10.00. The third-order valence-electron chi connectivity index (χ3n) is 4.53. The van der Waals surface area contributed by atoms with E-state index in [1.807, 2.05) is 12.1 Å².